The van der Waals surface area contributed by atoms with E-state index in [0.717, 1.165) is 0 Å². The molecule has 0 unspecified atom stereocenters. The molecular formula is C9H18Cl6Li2Mg2NZn-. The van der Waals surface area contributed by atoms with Gasteiger partial charge in [-0.3, -0.25) is 0 Å². The summed E-state index contributed by atoms with van der Waals surface area (Å²) >= 11 is 0. The summed E-state index contributed by atoms with van der Waals surface area (Å²) in [6.45, 7) is 8.92. The Balaban J connectivity index is -0.0000000101. The SMILES string of the molecule is CC1(C)CCCC(C)(C)[N-]1.[Cl-].[Cl-].[Cl-].[Cl-].[Cl-].[Cl-].[Li+].[Li+].[Mg+2].[Mg+2].[Zn]. The zero-order valence-electron chi connectivity index (χ0n) is 14.0. The molecule has 0 radical (unpaired) electrons. The zero-order chi connectivity index (χ0) is 7.83. The molecule has 1 nitrogen and oxygen atoms in total. The van der Waals surface area contributed by atoms with Crippen LogP contribution in [0.15, 0.2) is 0 Å². The van der Waals surface area contributed by atoms with Gasteiger partial charge in [0, 0.05) is 19.5 Å². The molecule has 0 aromatic carbocycles. The normalized spacial score (nSPS) is 14.3. The van der Waals surface area contributed by atoms with Gasteiger partial charge in [0.1, 0.15) is 0 Å². The molecule has 1 fully saturated rings. The maximum atomic E-state index is 4.75. The number of nitrogens with zero attached hydrogens (tertiary/aromatic N) is 1. The van der Waals surface area contributed by atoms with Crippen molar-refractivity contribution in [2.45, 2.75) is 58.0 Å². The molecule has 0 amide bonds. The maximum Gasteiger partial charge on any atom is 2.00 e. The topological polar surface area (TPSA) is 14.1 Å². The minimum Gasteiger partial charge on any atom is -1.00 e. The molecule has 1 heterocycles. The number of rotatable bonds is 0. The minimum absolute atomic E-state index is 0. The van der Waals surface area contributed by atoms with Gasteiger partial charge in [0.15, 0.2) is 0 Å². The summed E-state index contributed by atoms with van der Waals surface area (Å²) in [7, 11) is 0. The Kier molecular flexibility index (Phi) is 112. The molecule has 1 aliphatic rings. The van der Waals surface area contributed by atoms with E-state index in [1.165, 1.54) is 19.3 Å². The summed E-state index contributed by atoms with van der Waals surface area (Å²) in [6, 6.07) is 0. The van der Waals surface area contributed by atoms with Gasteiger partial charge in [-0.05, 0) is 0 Å². The second kappa shape index (κ2) is 32.7. The van der Waals surface area contributed by atoms with Crippen molar-refractivity contribution in [3.05, 3.63) is 5.32 Å². The van der Waals surface area contributed by atoms with Gasteiger partial charge in [-0.1, -0.05) is 47.0 Å². The van der Waals surface area contributed by atoms with Crippen LogP contribution in [0.4, 0.5) is 0 Å². The summed E-state index contributed by atoms with van der Waals surface area (Å²) in [6.07, 6.45) is 3.86. The third kappa shape index (κ3) is 36.7. The molecule has 1 saturated heterocycles. The van der Waals surface area contributed by atoms with E-state index in [2.05, 4.69) is 27.7 Å². The van der Waals surface area contributed by atoms with Crippen molar-refractivity contribution in [1.82, 2.24) is 0 Å². The van der Waals surface area contributed by atoms with Gasteiger partial charge in [-0.2, -0.15) is 0 Å². The average Bonchev–Trinajstić information content (AvgIpc) is 1.56. The van der Waals surface area contributed by atoms with E-state index in [9.17, 15) is 0 Å². The molecule has 1 aliphatic heterocycles. The largest absolute Gasteiger partial charge is 2.00 e. The molecular weight excluding hydrogens is 463 g/mol. The fourth-order valence-corrected chi connectivity index (χ4v) is 1.88. The van der Waals surface area contributed by atoms with Gasteiger partial charge in [0.05, 0.1) is 0 Å². The summed E-state index contributed by atoms with van der Waals surface area (Å²) < 4.78 is 0. The first-order chi connectivity index (χ1) is 4.41. The van der Waals surface area contributed by atoms with Crippen LogP contribution in [0.5, 0.6) is 0 Å². The first kappa shape index (κ1) is 72.2. The van der Waals surface area contributed by atoms with Crippen LogP contribution in [0.3, 0.4) is 0 Å². The van der Waals surface area contributed by atoms with Crippen LogP contribution in [-0.2, 0) is 19.5 Å². The van der Waals surface area contributed by atoms with E-state index >= 15 is 0 Å². The average molecular weight is 481 g/mol. The standard InChI is InChI=1S/C9H18N.6ClH.2Li.2Mg.Zn/c1-8(2)6-5-7-9(3,4)10-8;;;;;;;;;;;/h5-7H2,1-4H3;6*1H;;;;;/q-1;;;;;;;2*+1;2*+2;/p-6. The van der Waals surface area contributed by atoms with Crippen LogP contribution in [0, 0.1) is 0 Å². The van der Waals surface area contributed by atoms with Gasteiger partial charge in [-0.25, -0.2) is 0 Å². The predicted molar refractivity (Wildman–Crippen MR) is 56.9 cm³/mol. The fourth-order valence-electron chi connectivity index (χ4n) is 1.88. The van der Waals surface area contributed by atoms with Gasteiger partial charge in [-0.15, -0.1) is 11.1 Å². The van der Waals surface area contributed by atoms with Gasteiger partial charge >= 0.3 is 83.8 Å². The third-order valence-corrected chi connectivity index (χ3v) is 2.18. The summed E-state index contributed by atoms with van der Waals surface area (Å²) in [5, 5.41) is 4.75. The molecule has 0 saturated carbocycles. The van der Waals surface area contributed by atoms with Crippen molar-refractivity contribution in [2.24, 2.45) is 0 Å². The molecule has 12 heteroatoms. The van der Waals surface area contributed by atoms with Crippen molar-refractivity contribution in [3.63, 3.8) is 0 Å². The first-order valence-corrected chi connectivity index (χ1v) is 4.15. The predicted octanol–water partition coefficient (Wildman–Crippen LogP) is -21.6. The molecule has 0 spiro atoms. The van der Waals surface area contributed by atoms with Crippen LogP contribution in [0.25, 0.3) is 5.32 Å². The van der Waals surface area contributed by atoms with Crippen LogP contribution < -0.4 is 112 Å². The molecule has 0 aromatic rings. The summed E-state index contributed by atoms with van der Waals surface area (Å²) in [5.74, 6) is 0. The maximum absolute atomic E-state index is 4.75. The van der Waals surface area contributed by atoms with E-state index in [0.29, 0.717) is 0 Å². The third-order valence-electron chi connectivity index (χ3n) is 2.18. The molecule has 21 heavy (non-hydrogen) atoms. The van der Waals surface area contributed by atoms with Crippen molar-refractivity contribution in [3.8, 4) is 0 Å². The van der Waals surface area contributed by atoms with Crippen molar-refractivity contribution < 1.29 is 132 Å². The Morgan fingerprint density at radius 2 is 0.810 bits per heavy atom. The van der Waals surface area contributed by atoms with E-state index < -0.39 is 0 Å². The van der Waals surface area contributed by atoms with Crippen LogP contribution >= 0.6 is 0 Å². The Hall–Kier alpha value is 5.05. The Labute approximate surface area is 237 Å². The monoisotopic (exact) mass is 476 g/mol. The van der Waals surface area contributed by atoms with Crippen molar-refractivity contribution >= 4 is 46.1 Å². The Bertz CT molecular complexity index is 150. The van der Waals surface area contributed by atoms with Gasteiger partial charge in [0.2, 0.25) is 0 Å². The van der Waals surface area contributed by atoms with Crippen molar-refractivity contribution in [1.29, 1.82) is 0 Å². The number of hydrogen-bond acceptors (Lipinski definition) is 0. The van der Waals surface area contributed by atoms with E-state index in [1.807, 2.05) is 0 Å². The van der Waals surface area contributed by atoms with E-state index in [-0.39, 0.29) is 189 Å². The molecule has 110 valence electrons. The minimum atomic E-state index is 0. The van der Waals surface area contributed by atoms with E-state index in [1.54, 1.807) is 0 Å². The molecule has 1 rings (SSSR count). The first-order valence-electron chi connectivity index (χ1n) is 4.15. The smallest absolute Gasteiger partial charge is 1.00 e. The van der Waals surface area contributed by atoms with Crippen LogP contribution in [0.2, 0.25) is 0 Å². The van der Waals surface area contributed by atoms with Crippen LogP contribution in [-0.4, -0.2) is 57.2 Å². The number of piperidine rings is 1. The number of halogens is 6. The zero-order valence-corrected chi connectivity index (χ0v) is 24.3. The molecule has 0 aromatic heterocycles. The number of hydrogen-bond donors (Lipinski definition) is 0. The molecule has 0 bridgehead atoms. The quantitative estimate of drug-likeness (QED) is 0.306. The molecule has 0 N–H and O–H groups in total. The fraction of sp³-hybridized carbons (Fsp3) is 1.00. The van der Waals surface area contributed by atoms with Gasteiger partial charge < -0.3 is 79.8 Å². The Morgan fingerprint density at radius 3 is 0.905 bits per heavy atom. The molecule has 0 atom stereocenters. The van der Waals surface area contributed by atoms with Crippen molar-refractivity contribution in [2.75, 3.05) is 0 Å². The second-order valence-corrected chi connectivity index (χ2v) is 4.59. The molecule has 0 aliphatic carbocycles. The Morgan fingerprint density at radius 1 is 0.619 bits per heavy atom. The van der Waals surface area contributed by atoms with Gasteiger partial charge in [0.25, 0.3) is 0 Å². The summed E-state index contributed by atoms with van der Waals surface area (Å²) in [5.41, 5.74) is 0.476. The van der Waals surface area contributed by atoms with E-state index in [4.69, 9.17) is 5.32 Å². The second-order valence-electron chi connectivity index (χ2n) is 4.59. The summed E-state index contributed by atoms with van der Waals surface area (Å²) in [4.78, 5) is 0. The van der Waals surface area contributed by atoms with Crippen LogP contribution in [0.1, 0.15) is 47.0 Å².